The lowest BCUT2D eigenvalue weighted by Crippen LogP contribution is -2.60. The molecule has 10 atom stereocenters. The number of carbonyl (C=O) groups excluding carboxylic acids is 1. The van der Waals surface area contributed by atoms with Gasteiger partial charge < -0.3 is 59.1 Å². The monoisotopic (exact) mass is 528 g/mol. The first-order valence-electron chi connectivity index (χ1n) is 11.7. The summed E-state index contributed by atoms with van der Waals surface area (Å²) in [6, 6.07) is 2.60. The fraction of sp³-hybridized carbons (Fsp3) is 0.625. The van der Waals surface area contributed by atoms with Crippen molar-refractivity contribution >= 4 is 5.97 Å². The highest BCUT2D eigenvalue weighted by Crippen LogP contribution is 2.48. The Morgan fingerprint density at radius 1 is 1.08 bits per heavy atom. The third-order valence-electron chi connectivity index (χ3n) is 7.07. The largest absolute Gasteiger partial charge is 0.502 e. The lowest BCUT2D eigenvalue weighted by molar-refractivity contribution is -0.346. The second-order valence-corrected chi connectivity index (χ2v) is 9.50. The molecular weight excluding hydrogens is 496 g/mol. The van der Waals surface area contributed by atoms with E-state index < -0.39 is 73.1 Å². The van der Waals surface area contributed by atoms with E-state index in [1.807, 2.05) is 0 Å². The molecule has 2 fully saturated rings. The van der Waals surface area contributed by atoms with E-state index in [4.69, 9.17) is 28.4 Å². The first kappa shape index (κ1) is 27.4. The summed E-state index contributed by atoms with van der Waals surface area (Å²) in [4.78, 5) is 13.0. The zero-order chi connectivity index (χ0) is 27.1. The quantitative estimate of drug-likeness (QED) is 0.236. The highest BCUT2D eigenvalue weighted by Gasteiger charge is 2.58. The van der Waals surface area contributed by atoms with Gasteiger partial charge in [0.15, 0.2) is 17.8 Å². The van der Waals surface area contributed by atoms with Crippen LogP contribution in [0.2, 0.25) is 0 Å². The average Bonchev–Trinajstić information content (AvgIpc) is 3.14. The second-order valence-electron chi connectivity index (χ2n) is 9.50. The van der Waals surface area contributed by atoms with Crippen LogP contribution >= 0.6 is 0 Å². The topological polar surface area (TPSA) is 194 Å². The van der Waals surface area contributed by atoms with Crippen LogP contribution in [-0.4, -0.2) is 106 Å². The summed E-state index contributed by atoms with van der Waals surface area (Å²) < 4.78 is 32.6. The molecule has 1 aromatic rings. The molecule has 1 aliphatic carbocycles. The minimum atomic E-state index is -1.66. The van der Waals surface area contributed by atoms with Crippen LogP contribution < -0.4 is 9.47 Å². The summed E-state index contributed by atoms with van der Waals surface area (Å²) >= 11 is 0. The summed E-state index contributed by atoms with van der Waals surface area (Å²) in [5, 5.41) is 61.1. The summed E-state index contributed by atoms with van der Waals surface area (Å²) in [7, 11) is 2.65. The molecule has 13 nitrogen and oxygen atoms in total. The molecule has 0 aromatic heterocycles. The van der Waals surface area contributed by atoms with Crippen molar-refractivity contribution in [2.24, 2.45) is 11.8 Å². The Morgan fingerprint density at radius 3 is 2.32 bits per heavy atom. The first-order chi connectivity index (χ1) is 17.5. The Kier molecular flexibility index (Phi) is 7.85. The summed E-state index contributed by atoms with van der Waals surface area (Å²) in [5.41, 5.74) is -1.40. The molecule has 4 rings (SSSR count). The van der Waals surface area contributed by atoms with Crippen LogP contribution in [0, 0.1) is 11.8 Å². The van der Waals surface area contributed by atoms with Gasteiger partial charge in [-0.2, -0.15) is 0 Å². The van der Waals surface area contributed by atoms with Crippen LogP contribution in [0.25, 0.3) is 0 Å². The number of hydrogen-bond acceptors (Lipinski definition) is 13. The van der Waals surface area contributed by atoms with Crippen LogP contribution in [0.15, 0.2) is 24.5 Å². The molecular formula is C24H32O13. The van der Waals surface area contributed by atoms with Crippen LogP contribution in [-0.2, 0) is 18.9 Å². The van der Waals surface area contributed by atoms with Crippen molar-refractivity contribution in [3.63, 3.8) is 0 Å². The molecule has 1 aromatic carbocycles. The van der Waals surface area contributed by atoms with E-state index >= 15 is 0 Å². The molecule has 2 aliphatic heterocycles. The number of carbonyl (C=O) groups is 1. The molecule has 6 N–H and O–H groups in total. The van der Waals surface area contributed by atoms with E-state index in [1.54, 1.807) is 6.08 Å². The number of esters is 1. The molecule has 0 radical (unpaired) electrons. The van der Waals surface area contributed by atoms with E-state index in [1.165, 1.54) is 39.5 Å². The fourth-order valence-electron chi connectivity index (χ4n) is 5.11. The van der Waals surface area contributed by atoms with Crippen LogP contribution in [0.3, 0.4) is 0 Å². The number of hydrogen-bond donors (Lipinski definition) is 6. The van der Waals surface area contributed by atoms with Crippen LogP contribution in [0.4, 0.5) is 0 Å². The van der Waals surface area contributed by atoms with Gasteiger partial charge in [-0.3, -0.25) is 0 Å². The molecule has 0 bridgehead atoms. The van der Waals surface area contributed by atoms with Crippen molar-refractivity contribution in [3.8, 4) is 17.2 Å². The maximum Gasteiger partial charge on any atom is 0.338 e. The number of fused-ring (bicyclic) bond motifs is 1. The van der Waals surface area contributed by atoms with E-state index in [0.29, 0.717) is 0 Å². The molecule has 3 aliphatic rings. The average molecular weight is 529 g/mol. The van der Waals surface area contributed by atoms with Crippen LogP contribution in [0.1, 0.15) is 23.7 Å². The fourth-order valence-corrected chi connectivity index (χ4v) is 5.11. The number of ether oxygens (including phenoxy) is 6. The number of phenols is 1. The minimum Gasteiger partial charge on any atom is -0.502 e. The van der Waals surface area contributed by atoms with Gasteiger partial charge in [-0.05, 0) is 25.1 Å². The number of aliphatic hydroxyl groups is 5. The van der Waals surface area contributed by atoms with Crippen molar-refractivity contribution in [1.82, 2.24) is 0 Å². The van der Waals surface area contributed by atoms with Crippen molar-refractivity contribution in [2.45, 2.75) is 62.0 Å². The van der Waals surface area contributed by atoms with Gasteiger partial charge in [0.1, 0.15) is 30.5 Å². The second kappa shape index (κ2) is 10.6. The minimum absolute atomic E-state index is 0.0153. The number of phenolic OH excluding ortho intramolecular Hbond substituents is 1. The molecule has 1 saturated carbocycles. The molecule has 2 heterocycles. The molecule has 0 amide bonds. The lowest BCUT2D eigenvalue weighted by atomic mass is 9.85. The van der Waals surface area contributed by atoms with Crippen molar-refractivity contribution in [3.05, 3.63) is 30.0 Å². The maximum absolute atomic E-state index is 13.0. The number of aliphatic hydroxyl groups excluding tert-OH is 4. The Hall–Kier alpha value is -2.65. The highest BCUT2D eigenvalue weighted by molar-refractivity contribution is 5.91. The SMILES string of the molecule is COc1cc(C(=O)O[C@@H]2C[C@@](C)(O)[C@H]3[C@H](O[C@H]4O[C@H](CO)[C@@H](O)[C@H](O)[C@H]4O)OC=C[C@H]32)cc(OC)c1O. The predicted octanol–water partition coefficient (Wildman–Crippen LogP) is -0.992. The van der Waals surface area contributed by atoms with E-state index in [2.05, 4.69) is 0 Å². The van der Waals surface area contributed by atoms with E-state index in [9.17, 15) is 35.4 Å². The Balaban J connectivity index is 1.52. The molecule has 1 saturated heterocycles. The standard InChI is InChI=1S/C24H32O13/c1-24(31)8-14(35-21(30)10-6-12(32-2)17(26)13(7-10)33-3)11-4-5-34-22(16(11)24)37-23-20(29)19(28)18(27)15(9-25)36-23/h4-7,11,14-16,18-20,22-23,25-29,31H,8-9H2,1-3H3/t11-,14+,15+,16+,18+,19-,20+,22-,23+,24+/m0/s1. The summed E-state index contributed by atoms with van der Waals surface area (Å²) in [6.07, 6.45) is -6.59. The Morgan fingerprint density at radius 2 is 1.73 bits per heavy atom. The predicted molar refractivity (Wildman–Crippen MR) is 122 cm³/mol. The number of methoxy groups -OCH3 is 2. The number of aromatic hydroxyl groups is 1. The number of benzene rings is 1. The van der Waals surface area contributed by atoms with Crippen molar-refractivity contribution in [1.29, 1.82) is 0 Å². The zero-order valence-corrected chi connectivity index (χ0v) is 20.5. The van der Waals surface area contributed by atoms with Gasteiger partial charge in [0.25, 0.3) is 0 Å². The van der Waals surface area contributed by atoms with Gasteiger partial charge in [0.2, 0.25) is 12.0 Å². The smallest absolute Gasteiger partial charge is 0.338 e. The molecule has 0 unspecified atom stereocenters. The zero-order valence-electron chi connectivity index (χ0n) is 20.5. The van der Waals surface area contributed by atoms with Gasteiger partial charge in [-0.15, -0.1) is 0 Å². The lowest BCUT2D eigenvalue weighted by Gasteiger charge is -2.43. The highest BCUT2D eigenvalue weighted by atomic mass is 16.8. The Labute approximate surface area is 212 Å². The van der Waals surface area contributed by atoms with E-state index in [0.717, 1.165) is 0 Å². The third kappa shape index (κ3) is 5.08. The van der Waals surface area contributed by atoms with Crippen molar-refractivity contribution in [2.75, 3.05) is 20.8 Å². The van der Waals surface area contributed by atoms with Gasteiger partial charge in [0.05, 0.1) is 44.2 Å². The summed E-state index contributed by atoms with van der Waals surface area (Å²) in [5.74, 6) is -2.34. The normalized spacial score (nSPS) is 39.0. The van der Waals surface area contributed by atoms with Gasteiger partial charge in [0, 0.05) is 12.3 Å². The molecule has 13 heteroatoms. The van der Waals surface area contributed by atoms with Gasteiger partial charge in [-0.25, -0.2) is 4.79 Å². The third-order valence-corrected chi connectivity index (χ3v) is 7.07. The number of rotatable bonds is 7. The molecule has 0 spiro atoms. The van der Waals surface area contributed by atoms with Gasteiger partial charge >= 0.3 is 5.97 Å². The summed E-state index contributed by atoms with van der Waals surface area (Å²) in [6.45, 7) is 0.891. The Bertz CT molecular complexity index is 983. The molecule has 206 valence electrons. The van der Waals surface area contributed by atoms with Crippen molar-refractivity contribution < 1.29 is 63.9 Å². The van der Waals surface area contributed by atoms with Crippen LogP contribution in [0.5, 0.6) is 17.2 Å². The van der Waals surface area contributed by atoms with Gasteiger partial charge in [-0.1, -0.05) is 0 Å². The van der Waals surface area contributed by atoms with E-state index in [-0.39, 0.29) is 29.2 Å². The molecule has 37 heavy (non-hydrogen) atoms. The maximum atomic E-state index is 13.0. The first-order valence-corrected chi connectivity index (χ1v) is 11.7.